The Labute approximate surface area is 146 Å². The van der Waals surface area contributed by atoms with Crippen LogP contribution in [0.15, 0.2) is 42.6 Å². The second-order valence-electron chi connectivity index (χ2n) is 5.30. The number of fused-ring (bicyclic) bond motifs is 2. The lowest BCUT2D eigenvalue weighted by molar-refractivity contribution is 0.100. The quantitative estimate of drug-likeness (QED) is 0.564. The second kappa shape index (κ2) is 5.47. The van der Waals surface area contributed by atoms with Gasteiger partial charge in [-0.1, -0.05) is 35.3 Å². The Hall–Kier alpha value is -2.63. The molecule has 1 amide bonds. The predicted molar refractivity (Wildman–Crippen MR) is 95.4 cm³/mol. The number of hydrogen-bond donors (Lipinski definition) is 2. The Morgan fingerprint density at radius 3 is 2.75 bits per heavy atom. The molecule has 2 aromatic heterocycles. The number of hydrogen-bond acceptors (Lipinski definition) is 3. The fraction of sp³-hybridized carbons (Fsp3) is 0. The molecule has 0 aliphatic rings. The maximum atomic E-state index is 11.6. The Morgan fingerprint density at radius 1 is 1.12 bits per heavy atom. The molecule has 2 aromatic carbocycles. The van der Waals surface area contributed by atoms with Crippen molar-refractivity contribution in [2.75, 3.05) is 0 Å². The molecule has 7 heteroatoms. The van der Waals surface area contributed by atoms with Crippen LogP contribution in [-0.4, -0.2) is 20.9 Å². The Balaban J connectivity index is 2.04. The first kappa shape index (κ1) is 14.9. The van der Waals surface area contributed by atoms with E-state index in [1.807, 2.05) is 12.1 Å². The van der Waals surface area contributed by atoms with Gasteiger partial charge in [0.25, 0.3) is 5.91 Å². The van der Waals surface area contributed by atoms with Gasteiger partial charge in [-0.05, 0) is 24.3 Å². The molecule has 4 aromatic rings. The van der Waals surface area contributed by atoms with Crippen molar-refractivity contribution >= 4 is 51.0 Å². The highest BCUT2D eigenvalue weighted by Gasteiger charge is 2.17. The van der Waals surface area contributed by atoms with Crippen molar-refractivity contribution in [1.82, 2.24) is 15.0 Å². The van der Waals surface area contributed by atoms with Crippen molar-refractivity contribution in [2.24, 2.45) is 5.73 Å². The lowest BCUT2D eigenvalue weighted by atomic mass is 10.1. The average molecular weight is 357 g/mol. The highest BCUT2D eigenvalue weighted by atomic mass is 35.5. The van der Waals surface area contributed by atoms with Crippen LogP contribution in [0.2, 0.25) is 10.0 Å². The normalized spacial score (nSPS) is 11.2. The molecule has 0 aliphatic heterocycles. The highest BCUT2D eigenvalue weighted by Crippen LogP contribution is 2.34. The molecule has 118 valence electrons. The molecule has 24 heavy (non-hydrogen) atoms. The minimum atomic E-state index is -0.535. The number of halogens is 2. The molecule has 3 N–H and O–H groups in total. The van der Waals surface area contributed by atoms with E-state index in [1.54, 1.807) is 30.5 Å². The molecule has 0 saturated heterocycles. The number of imidazole rings is 1. The summed E-state index contributed by atoms with van der Waals surface area (Å²) in [6.07, 6.45) is 1.56. The molecular weight excluding hydrogens is 347 g/mol. The smallest absolute Gasteiger partial charge is 0.250 e. The Kier molecular flexibility index (Phi) is 3.40. The summed E-state index contributed by atoms with van der Waals surface area (Å²) in [6, 6.07) is 10.6. The van der Waals surface area contributed by atoms with Gasteiger partial charge in [-0.25, -0.2) is 4.98 Å². The van der Waals surface area contributed by atoms with Gasteiger partial charge in [0.2, 0.25) is 0 Å². The van der Waals surface area contributed by atoms with Gasteiger partial charge in [-0.2, -0.15) is 0 Å². The molecule has 0 bridgehead atoms. The summed E-state index contributed by atoms with van der Waals surface area (Å²) in [7, 11) is 0. The lowest BCUT2D eigenvalue weighted by Gasteiger charge is -2.06. The number of pyridine rings is 1. The van der Waals surface area contributed by atoms with E-state index < -0.39 is 5.91 Å². The van der Waals surface area contributed by atoms with E-state index in [4.69, 9.17) is 28.9 Å². The number of carbonyl (C=O) groups is 1. The summed E-state index contributed by atoms with van der Waals surface area (Å²) < 4.78 is 0. The maximum absolute atomic E-state index is 11.6. The standard InChI is InChI=1S/C17H10Cl2N4O/c18-9-6-8-4-5-11(19)13(14(8)21-7-9)17-22-12-3-1-2-10(16(20)24)15(12)23-17/h1-7H,(H2,20,24)(H,22,23). The molecule has 0 spiro atoms. The third-order valence-corrected chi connectivity index (χ3v) is 4.31. The Bertz CT molecular complexity index is 1120. The van der Waals surface area contributed by atoms with E-state index in [2.05, 4.69) is 15.0 Å². The molecule has 0 aliphatic carbocycles. The number of nitrogens with one attached hydrogen (secondary N) is 1. The molecule has 0 fully saturated rings. The van der Waals surface area contributed by atoms with Gasteiger partial charge in [0.15, 0.2) is 0 Å². The van der Waals surface area contributed by atoms with Crippen LogP contribution >= 0.6 is 23.2 Å². The zero-order valence-electron chi connectivity index (χ0n) is 12.2. The number of nitrogens with zero attached hydrogens (tertiary/aromatic N) is 2. The van der Waals surface area contributed by atoms with Crippen molar-refractivity contribution < 1.29 is 4.79 Å². The molecule has 2 heterocycles. The van der Waals surface area contributed by atoms with Crippen LogP contribution in [0.4, 0.5) is 0 Å². The summed E-state index contributed by atoms with van der Waals surface area (Å²) in [5.74, 6) is -0.0169. The van der Waals surface area contributed by atoms with Crippen molar-refractivity contribution in [3.8, 4) is 11.4 Å². The molecule has 0 radical (unpaired) electrons. The van der Waals surface area contributed by atoms with Crippen molar-refractivity contribution in [2.45, 2.75) is 0 Å². The summed E-state index contributed by atoms with van der Waals surface area (Å²) in [4.78, 5) is 23.7. The number of carbonyl (C=O) groups excluding carboxylic acids is 1. The summed E-state index contributed by atoms with van der Waals surface area (Å²) in [6.45, 7) is 0. The number of rotatable bonds is 2. The fourth-order valence-corrected chi connectivity index (χ4v) is 3.13. The average Bonchev–Trinajstić information content (AvgIpc) is 2.98. The van der Waals surface area contributed by atoms with Gasteiger partial charge in [0.05, 0.1) is 32.2 Å². The van der Waals surface area contributed by atoms with Crippen LogP contribution in [0.5, 0.6) is 0 Å². The van der Waals surface area contributed by atoms with Crippen LogP contribution in [0, 0.1) is 0 Å². The van der Waals surface area contributed by atoms with Gasteiger partial charge >= 0.3 is 0 Å². The van der Waals surface area contributed by atoms with Crippen LogP contribution in [-0.2, 0) is 0 Å². The first-order chi connectivity index (χ1) is 11.5. The first-order valence-corrected chi connectivity index (χ1v) is 7.83. The van der Waals surface area contributed by atoms with E-state index in [-0.39, 0.29) is 0 Å². The summed E-state index contributed by atoms with van der Waals surface area (Å²) in [5, 5.41) is 1.88. The van der Waals surface area contributed by atoms with Gasteiger partial charge in [0, 0.05) is 11.6 Å². The molecular formula is C17H10Cl2N4O. The van der Waals surface area contributed by atoms with E-state index in [1.165, 1.54) is 0 Å². The molecule has 4 rings (SSSR count). The zero-order valence-corrected chi connectivity index (χ0v) is 13.7. The maximum Gasteiger partial charge on any atom is 0.250 e. The van der Waals surface area contributed by atoms with Gasteiger partial charge in [0.1, 0.15) is 11.3 Å². The monoisotopic (exact) mass is 356 g/mol. The SMILES string of the molecule is NC(=O)c1cccc2[nH]c(-c3c(Cl)ccc4cc(Cl)cnc34)nc12. The third-order valence-electron chi connectivity index (χ3n) is 3.78. The topological polar surface area (TPSA) is 84.7 Å². The molecule has 5 nitrogen and oxygen atoms in total. The number of aromatic amines is 1. The van der Waals surface area contributed by atoms with E-state index in [0.29, 0.717) is 43.5 Å². The van der Waals surface area contributed by atoms with Crippen molar-refractivity contribution in [1.29, 1.82) is 0 Å². The number of nitrogens with two attached hydrogens (primary N) is 1. The van der Waals surface area contributed by atoms with Gasteiger partial charge in [-0.15, -0.1) is 0 Å². The van der Waals surface area contributed by atoms with Gasteiger partial charge in [-0.3, -0.25) is 9.78 Å². The van der Waals surface area contributed by atoms with E-state index in [0.717, 1.165) is 5.39 Å². The summed E-state index contributed by atoms with van der Waals surface area (Å²) in [5.41, 5.74) is 8.29. The highest BCUT2D eigenvalue weighted by molar-refractivity contribution is 6.35. The number of benzene rings is 2. The number of primary amides is 1. The van der Waals surface area contributed by atoms with Crippen molar-refractivity contribution in [3.63, 3.8) is 0 Å². The molecule has 0 saturated carbocycles. The minimum Gasteiger partial charge on any atom is -0.366 e. The third kappa shape index (κ3) is 2.29. The Morgan fingerprint density at radius 2 is 1.96 bits per heavy atom. The van der Waals surface area contributed by atoms with Crippen LogP contribution in [0.1, 0.15) is 10.4 Å². The number of amides is 1. The van der Waals surface area contributed by atoms with Crippen LogP contribution in [0.25, 0.3) is 33.3 Å². The lowest BCUT2D eigenvalue weighted by Crippen LogP contribution is -2.11. The molecule has 0 atom stereocenters. The first-order valence-electron chi connectivity index (χ1n) is 7.07. The van der Waals surface area contributed by atoms with E-state index in [9.17, 15) is 4.79 Å². The second-order valence-corrected chi connectivity index (χ2v) is 6.14. The van der Waals surface area contributed by atoms with Gasteiger partial charge < -0.3 is 10.7 Å². The predicted octanol–water partition coefficient (Wildman–Crippen LogP) is 4.18. The fourth-order valence-electron chi connectivity index (χ4n) is 2.72. The van der Waals surface area contributed by atoms with Crippen LogP contribution < -0.4 is 5.73 Å². The summed E-state index contributed by atoms with van der Waals surface area (Å²) >= 11 is 12.4. The van der Waals surface area contributed by atoms with Crippen LogP contribution in [0.3, 0.4) is 0 Å². The van der Waals surface area contributed by atoms with Crippen molar-refractivity contribution in [3.05, 3.63) is 58.2 Å². The number of aromatic nitrogens is 3. The zero-order chi connectivity index (χ0) is 16.8. The van der Waals surface area contributed by atoms with E-state index >= 15 is 0 Å². The number of para-hydroxylation sites is 1. The number of H-pyrrole nitrogens is 1. The molecule has 0 unspecified atom stereocenters. The minimum absolute atomic E-state index is 0.349. The largest absolute Gasteiger partial charge is 0.366 e.